The Hall–Kier alpha value is -2.06. The molecule has 2 aromatic heterocycles. The van der Waals surface area contributed by atoms with Gasteiger partial charge >= 0.3 is 0 Å². The van der Waals surface area contributed by atoms with Crippen LogP contribution in [0, 0.1) is 0 Å². The summed E-state index contributed by atoms with van der Waals surface area (Å²) in [5, 5.41) is 20.7. The molecule has 0 radical (unpaired) electrons. The standard InChI is InChI=1S/C16H15Cl3N6O/c17-12-2-1-3-13(18)11(12)7-20-15-14(19)8-21-16(24-15)23-10-6-22-25(9-10)4-5-26/h1-3,6,8-9,26H,4-5,7H2,(H2,20,21,23,24). The third-order valence-corrected chi connectivity index (χ3v) is 4.44. The molecule has 1 aromatic carbocycles. The number of halogens is 3. The first-order chi connectivity index (χ1) is 12.6. The summed E-state index contributed by atoms with van der Waals surface area (Å²) in [5.41, 5.74) is 1.45. The van der Waals surface area contributed by atoms with E-state index in [0.717, 1.165) is 5.56 Å². The Bertz CT molecular complexity index is 881. The van der Waals surface area contributed by atoms with Gasteiger partial charge in [0.05, 0.1) is 31.2 Å². The first kappa shape index (κ1) is 18.7. The number of hydrogen-bond acceptors (Lipinski definition) is 6. The van der Waals surface area contributed by atoms with E-state index in [-0.39, 0.29) is 6.61 Å². The Kier molecular flexibility index (Phi) is 6.16. The summed E-state index contributed by atoms with van der Waals surface area (Å²) in [7, 11) is 0. The molecular formula is C16H15Cl3N6O. The summed E-state index contributed by atoms with van der Waals surface area (Å²) < 4.78 is 1.61. The predicted octanol–water partition coefficient (Wildman–Crippen LogP) is 3.98. The summed E-state index contributed by atoms with van der Waals surface area (Å²) in [5.74, 6) is 0.800. The highest BCUT2D eigenvalue weighted by Crippen LogP contribution is 2.27. The van der Waals surface area contributed by atoms with Crippen molar-refractivity contribution in [2.24, 2.45) is 0 Å². The Morgan fingerprint density at radius 1 is 1.08 bits per heavy atom. The van der Waals surface area contributed by atoms with Gasteiger partial charge in [-0.2, -0.15) is 10.1 Å². The molecule has 136 valence electrons. The van der Waals surface area contributed by atoms with Crippen molar-refractivity contribution >= 4 is 52.3 Å². The fourth-order valence-electron chi connectivity index (χ4n) is 2.21. The van der Waals surface area contributed by atoms with Crippen LogP contribution in [0.1, 0.15) is 5.56 Å². The van der Waals surface area contributed by atoms with Crippen molar-refractivity contribution in [3.05, 3.63) is 57.4 Å². The molecule has 3 N–H and O–H groups in total. The van der Waals surface area contributed by atoms with E-state index in [4.69, 9.17) is 39.9 Å². The normalized spacial score (nSPS) is 10.8. The van der Waals surface area contributed by atoms with Gasteiger partial charge in [0, 0.05) is 28.4 Å². The molecule has 3 rings (SSSR count). The minimum atomic E-state index is 0.0111. The fraction of sp³-hybridized carbons (Fsp3) is 0.188. The molecule has 0 fully saturated rings. The first-order valence-corrected chi connectivity index (χ1v) is 8.80. The average Bonchev–Trinajstić information content (AvgIpc) is 3.04. The van der Waals surface area contributed by atoms with Gasteiger partial charge in [-0.15, -0.1) is 0 Å². The quantitative estimate of drug-likeness (QED) is 0.543. The van der Waals surface area contributed by atoms with Gasteiger partial charge in [-0.1, -0.05) is 40.9 Å². The minimum Gasteiger partial charge on any atom is -0.394 e. The molecule has 0 aliphatic rings. The highest BCUT2D eigenvalue weighted by molar-refractivity contribution is 6.36. The second kappa shape index (κ2) is 8.55. The smallest absolute Gasteiger partial charge is 0.229 e. The van der Waals surface area contributed by atoms with Crippen molar-refractivity contribution in [1.82, 2.24) is 19.7 Å². The third-order valence-electron chi connectivity index (χ3n) is 3.46. The molecule has 3 aromatic rings. The maximum Gasteiger partial charge on any atom is 0.229 e. The van der Waals surface area contributed by atoms with Gasteiger partial charge < -0.3 is 15.7 Å². The van der Waals surface area contributed by atoms with Crippen LogP contribution < -0.4 is 10.6 Å². The summed E-state index contributed by atoms with van der Waals surface area (Å²) in [6.07, 6.45) is 4.85. The van der Waals surface area contributed by atoms with Crippen molar-refractivity contribution in [3.8, 4) is 0 Å². The van der Waals surface area contributed by atoms with Crippen LogP contribution >= 0.6 is 34.8 Å². The molecular weight excluding hydrogens is 399 g/mol. The largest absolute Gasteiger partial charge is 0.394 e. The lowest BCUT2D eigenvalue weighted by Crippen LogP contribution is -2.06. The highest BCUT2D eigenvalue weighted by Gasteiger charge is 2.10. The van der Waals surface area contributed by atoms with Crippen molar-refractivity contribution in [2.45, 2.75) is 13.1 Å². The van der Waals surface area contributed by atoms with E-state index in [1.807, 2.05) is 0 Å². The Labute approximate surface area is 164 Å². The fourth-order valence-corrected chi connectivity index (χ4v) is 2.90. The van der Waals surface area contributed by atoms with Crippen LogP contribution in [-0.2, 0) is 13.1 Å². The third kappa shape index (κ3) is 4.56. The van der Waals surface area contributed by atoms with Gasteiger partial charge in [-0.05, 0) is 12.1 Å². The van der Waals surface area contributed by atoms with Gasteiger partial charge in [0.15, 0.2) is 5.82 Å². The number of aliphatic hydroxyl groups is 1. The zero-order chi connectivity index (χ0) is 18.5. The number of nitrogens with one attached hydrogen (secondary N) is 2. The van der Waals surface area contributed by atoms with E-state index < -0.39 is 0 Å². The molecule has 0 unspecified atom stereocenters. The number of anilines is 3. The summed E-state index contributed by atoms with van der Waals surface area (Å²) in [6.45, 7) is 0.787. The van der Waals surface area contributed by atoms with E-state index in [1.54, 1.807) is 35.3 Å². The molecule has 0 amide bonds. The van der Waals surface area contributed by atoms with Crippen LogP contribution in [-0.4, -0.2) is 31.5 Å². The van der Waals surface area contributed by atoms with E-state index in [9.17, 15) is 0 Å². The van der Waals surface area contributed by atoms with Crippen LogP contribution in [0.3, 0.4) is 0 Å². The van der Waals surface area contributed by atoms with Crippen molar-refractivity contribution in [3.63, 3.8) is 0 Å². The molecule has 0 aliphatic heterocycles. The van der Waals surface area contributed by atoms with Crippen molar-refractivity contribution < 1.29 is 5.11 Å². The van der Waals surface area contributed by atoms with Crippen LogP contribution in [0.25, 0.3) is 0 Å². The molecule has 0 saturated carbocycles. The maximum absolute atomic E-state index is 8.93. The van der Waals surface area contributed by atoms with Crippen LogP contribution in [0.15, 0.2) is 36.8 Å². The minimum absolute atomic E-state index is 0.0111. The van der Waals surface area contributed by atoms with Gasteiger partial charge in [0.1, 0.15) is 5.02 Å². The molecule has 0 bridgehead atoms. The zero-order valence-electron chi connectivity index (χ0n) is 13.5. The van der Waals surface area contributed by atoms with Crippen molar-refractivity contribution in [1.29, 1.82) is 0 Å². The van der Waals surface area contributed by atoms with E-state index in [0.29, 0.717) is 45.6 Å². The van der Waals surface area contributed by atoms with Crippen LogP contribution in [0.4, 0.5) is 17.5 Å². The number of aliphatic hydroxyl groups excluding tert-OH is 1. The molecule has 2 heterocycles. The predicted molar refractivity (Wildman–Crippen MR) is 103 cm³/mol. The molecule has 0 saturated heterocycles. The molecule has 7 nitrogen and oxygen atoms in total. The highest BCUT2D eigenvalue weighted by atomic mass is 35.5. The lowest BCUT2D eigenvalue weighted by atomic mass is 10.2. The van der Waals surface area contributed by atoms with Crippen LogP contribution in [0.2, 0.25) is 15.1 Å². The van der Waals surface area contributed by atoms with Crippen molar-refractivity contribution in [2.75, 3.05) is 17.2 Å². The number of nitrogens with zero attached hydrogens (tertiary/aromatic N) is 4. The van der Waals surface area contributed by atoms with Gasteiger partial charge in [0.2, 0.25) is 5.95 Å². The second-order valence-electron chi connectivity index (χ2n) is 5.28. The summed E-state index contributed by atoms with van der Waals surface area (Å²) in [4.78, 5) is 8.51. The van der Waals surface area contributed by atoms with Gasteiger partial charge in [0.25, 0.3) is 0 Å². The zero-order valence-corrected chi connectivity index (χ0v) is 15.7. The second-order valence-corrected chi connectivity index (χ2v) is 6.51. The number of benzene rings is 1. The monoisotopic (exact) mass is 412 g/mol. The lowest BCUT2D eigenvalue weighted by Gasteiger charge is -2.11. The topological polar surface area (TPSA) is 87.9 Å². The van der Waals surface area contributed by atoms with Gasteiger partial charge in [-0.25, -0.2) is 4.98 Å². The number of aromatic nitrogens is 4. The Morgan fingerprint density at radius 2 is 1.85 bits per heavy atom. The van der Waals surface area contributed by atoms with Crippen LogP contribution in [0.5, 0.6) is 0 Å². The first-order valence-electron chi connectivity index (χ1n) is 7.66. The van der Waals surface area contributed by atoms with E-state index in [2.05, 4.69) is 25.7 Å². The number of hydrogen-bond donors (Lipinski definition) is 3. The number of rotatable bonds is 7. The maximum atomic E-state index is 8.93. The lowest BCUT2D eigenvalue weighted by molar-refractivity contribution is 0.269. The SMILES string of the molecule is OCCn1cc(Nc2ncc(Cl)c(NCc3c(Cl)cccc3Cl)n2)cn1. The molecule has 26 heavy (non-hydrogen) atoms. The average molecular weight is 414 g/mol. The summed E-state index contributed by atoms with van der Waals surface area (Å²) in [6, 6.07) is 5.32. The van der Waals surface area contributed by atoms with Gasteiger partial charge in [-0.3, -0.25) is 4.68 Å². The summed E-state index contributed by atoms with van der Waals surface area (Å²) >= 11 is 18.5. The molecule has 0 spiro atoms. The molecule has 0 atom stereocenters. The van der Waals surface area contributed by atoms with E-state index >= 15 is 0 Å². The Morgan fingerprint density at radius 3 is 2.58 bits per heavy atom. The molecule has 10 heteroatoms. The molecule has 0 aliphatic carbocycles. The van der Waals surface area contributed by atoms with E-state index in [1.165, 1.54) is 6.20 Å². The Balaban J connectivity index is 1.73.